The van der Waals surface area contributed by atoms with Gasteiger partial charge in [-0.1, -0.05) is 15.9 Å². The van der Waals surface area contributed by atoms with E-state index in [4.69, 9.17) is 10.00 Å². The number of hydrogen-bond acceptors (Lipinski definition) is 5. The van der Waals surface area contributed by atoms with Gasteiger partial charge in [0, 0.05) is 36.2 Å². The molecule has 1 aliphatic heterocycles. The highest BCUT2D eigenvalue weighted by atomic mass is 79.9. The normalized spacial score (nSPS) is 15.9. The van der Waals surface area contributed by atoms with Crippen molar-refractivity contribution in [2.75, 3.05) is 33.3 Å². The SMILES string of the molecule is COc1cc(Br)cc([C@H](CC#N)N2CCNCC2)c1O.Cl.Cl. The van der Waals surface area contributed by atoms with Gasteiger partial charge in [0.15, 0.2) is 11.5 Å². The van der Waals surface area contributed by atoms with E-state index >= 15 is 0 Å². The highest BCUT2D eigenvalue weighted by Gasteiger charge is 2.26. The molecule has 8 heteroatoms. The van der Waals surface area contributed by atoms with Gasteiger partial charge in [-0.05, 0) is 12.1 Å². The topological polar surface area (TPSA) is 68.5 Å². The summed E-state index contributed by atoms with van der Waals surface area (Å²) in [6.07, 6.45) is 0.340. The molecule has 1 aliphatic rings. The van der Waals surface area contributed by atoms with Crippen molar-refractivity contribution in [1.82, 2.24) is 10.2 Å². The zero-order chi connectivity index (χ0) is 14.5. The fourth-order valence-corrected chi connectivity index (χ4v) is 2.97. The van der Waals surface area contributed by atoms with Gasteiger partial charge in [0.05, 0.1) is 25.6 Å². The summed E-state index contributed by atoms with van der Waals surface area (Å²) in [6, 6.07) is 5.69. The minimum atomic E-state index is -0.117. The van der Waals surface area contributed by atoms with E-state index < -0.39 is 0 Å². The zero-order valence-corrected chi connectivity index (χ0v) is 15.4. The van der Waals surface area contributed by atoms with Crippen molar-refractivity contribution in [2.45, 2.75) is 12.5 Å². The molecule has 1 heterocycles. The second kappa shape index (κ2) is 10.1. The lowest BCUT2D eigenvalue weighted by atomic mass is 10.00. The smallest absolute Gasteiger partial charge is 0.162 e. The average molecular weight is 413 g/mol. The Morgan fingerprint density at radius 3 is 2.59 bits per heavy atom. The first kappa shape index (κ1) is 21.3. The summed E-state index contributed by atoms with van der Waals surface area (Å²) < 4.78 is 6.02. The fourth-order valence-electron chi connectivity index (χ4n) is 2.52. The molecule has 0 amide bonds. The molecule has 0 aliphatic carbocycles. The minimum Gasteiger partial charge on any atom is -0.504 e. The number of nitriles is 1. The predicted molar refractivity (Wildman–Crippen MR) is 94.3 cm³/mol. The summed E-state index contributed by atoms with van der Waals surface area (Å²) in [5.74, 6) is 0.543. The van der Waals surface area contributed by atoms with Crippen LogP contribution in [0.3, 0.4) is 0 Å². The van der Waals surface area contributed by atoms with E-state index in [1.807, 2.05) is 6.07 Å². The van der Waals surface area contributed by atoms with Crippen LogP contribution >= 0.6 is 40.7 Å². The molecule has 0 aromatic heterocycles. The number of benzene rings is 1. The molecule has 0 bridgehead atoms. The second-order valence-electron chi connectivity index (χ2n) is 4.71. The number of phenols is 1. The van der Waals surface area contributed by atoms with Crippen molar-refractivity contribution in [3.05, 3.63) is 22.2 Å². The van der Waals surface area contributed by atoms with Crippen LogP contribution in [0.5, 0.6) is 11.5 Å². The van der Waals surface area contributed by atoms with Gasteiger partial charge >= 0.3 is 0 Å². The molecule has 1 fully saturated rings. The Morgan fingerprint density at radius 1 is 1.41 bits per heavy atom. The lowest BCUT2D eigenvalue weighted by Crippen LogP contribution is -2.45. The predicted octanol–water partition coefficient (Wildman–Crippen LogP) is 2.87. The number of aromatic hydroxyl groups is 1. The van der Waals surface area contributed by atoms with Crippen molar-refractivity contribution in [3.63, 3.8) is 0 Å². The van der Waals surface area contributed by atoms with E-state index in [1.54, 1.807) is 6.07 Å². The minimum absolute atomic E-state index is 0. The molecule has 22 heavy (non-hydrogen) atoms. The molecule has 1 aromatic carbocycles. The molecule has 1 aromatic rings. The second-order valence-corrected chi connectivity index (χ2v) is 5.63. The molecule has 1 atom stereocenters. The zero-order valence-electron chi connectivity index (χ0n) is 12.2. The van der Waals surface area contributed by atoms with E-state index in [-0.39, 0.29) is 36.6 Å². The maximum atomic E-state index is 10.3. The molecule has 0 spiro atoms. The number of hydrogen-bond donors (Lipinski definition) is 2. The first-order chi connectivity index (χ1) is 9.67. The van der Waals surface area contributed by atoms with Crippen molar-refractivity contribution < 1.29 is 9.84 Å². The van der Waals surface area contributed by atoms with Crippen molar-refractivity contribution in [2.24, 2.45) is 0 Å². The van der Waals surface area contributed by atoms with Gasteiger partial charge in [-0.15, -0.1) is 24.8 Å². The van der Waals surface area contributed by atoms with Gasteiger partial charge in [0.25, 0.3) is 0 Å². The third-order valence-corrected chi connectivity index (χ3v) is 3.98. The van der Waals surface area contributed by atoms with Crippen LogP contribution in [-0.2, 0) is 0 Å². The highest BCUT2D eigenvalue weighted by molar-refractivity contribution is 9.10. The first-order valence-corrected chi connectivity index (χ1v) is 7.34. The molecule has 0 unspecified atom stereocenters. The molecule has 0 saturated carbocycles. The average Bonchev–Trinajstić information content (AvgIpc) is 2.48. The van der Waals surface area contributed by atoms with Crippen LogP contribution in [0, 0.1) is 11.3 Å². The van der Waals surface area contributed by atoms with E-state index in [0.29, 0.717) is 12.2 Å². The van der Waals surface area contributed by atoms with Crippen molar-refractivity contribution in [3.8, 4) is 17.6 Å². The van der Waals surface area contributed by atoms with Gasteiger partial charge in [-0.3, -0.25) is 4.90 Å². The number of rotatable bonds is 4. The quantitative estimate of drug-likeness (QED) is 0.795. The molecule has 2 rings (SSSR count). The summed E-state index contributed by atoms with van der Waals surface area (Å²) in [5, 5.41) is 22.7. The third kappa shape index (κ3) is 4.90. The van der Waals surface area contributed by atoms with Crippen LogP contribution < -0.4 is 10.1 Å². The van der Waals surface area contributed by atoms with E-state index in [9.17, 15) is 5.11 Å². The van der Waals surface area contributed by atoms with Crippen molar-refractivity contribution in [1.29, 1.82) is 5.26 Å². The Morgan fingerprint density at radius 2 is 2.05 bits per heavy atom. The van der Waals surface area contributed by atoms with E-state index in [0.717, 1.165) is 36.2 Å². The standard InChI is InChI=1S/C14H18BrN3O2.2ClH/c1-20-13-9-10(15)8-11(14(13)19)12(2-3-16)18-6-4-17-5-7-18;;/h8-9,12,17,19H,2,4-7H2,1H3;2*1H/t12-;;/m0../s1. The van der Waals surface area contributed by atoms with Gasteiger partial charge in [0.1, 0.15) is 0 Å². The van der Waals surface area contributed by atoms with Gasteiger partial charge in [0.2, 0.25) is 0 Å². The lowest BCUT2D eigenvalue weighted by Gasteiger charge is -2.34. The van der Waals surface area contributed by atoms with Crippen molar-refractivity contribution >= 4 is 40.7 Å². The number of halogens is 3. The van der Waals surface area contributed by atoms with Gasteiger partial charge in [-0.2, -0.15) is 5.26 Å². The fraction of sp³-hybridized carbons (Fsp3) is 0.500. The van der Waals surface area contributed by atoms with E-state index in [2.05, 4.69) is 32.2 Å². The largest absolute Gasteiger partial charge is 0.504 e. The maximum absolute atomic E-state index is 10.3. The Bertz CT molecular complexity index is 520. The number of piperazine rings is 1. The molecule has 124 valence electrons. The number of nitrogens with one attached hydrogen (secondary N) is 1. The lowest BCUT2D eigenvalue weighted by molar-refractivity contribution is 0.172. The Kier molecular flexibility index (Phi) is 9.81. The highest BCUT2D eigenvalue weighted by Crippen LogP contribution is 2.40. The molecular weight excluding hydrogens is 393 g/mol. The number of methoxy groups -OCH3 is 1. The van der Waals surface area contributed by atoms with Gasteiger partial charge in [-0.25, -0.2) is 0 Å². The monoisotopic (exact) mass is 411 g/mol. The van der Waals surface area contributed by atoms with Crippen LogP contribution in [0.25, 0.3) is 0 Å². The summed E-state index contributed by atoms with van der Waals surface area (Å²) in [5.41, 5.74) is 0.736. The van der Waals surface area contributed by atoms with Crippen LogP contribution in [0.4, 0.5) is 0 Å². The van der Waals surface area contributed by atoms with Crippen LogP contribution in [0.15, 0.2) is 16.6 Å². The Balaban J connectivity index is 0.00000220. The van der Waals surface area contributed by atoms with E-state index in [1.165, 1.54) is 7.11 Å². The molecule has 0 radical (unpaired) electrons. The summed E-state index contributed by atoms with van der Waals surface area (Å²) in [4.78, 5) is 2.22. The summed E-state index contributed by atoms with van der Waals surface area (Å²) in [7, 11) is 1.52. The molecule has 1 saturated heterocycles. The van der Waals surface area contributed by atoms with Gasteiger partial charge < -0.3 is 15.2 Å². The van der Waals surface area contributed by atoms with Crippen LogP contribution in [0.2, 0.25) is 0 Å². The Hall–Kier alpha value is -0.710. The molecular formula is C14H20BrCl2N3O2. The number of ether oxygens (including phenoxy) is 1. The molecule has 2 N–H and O–H groups in total. The number of nitrogens with zero attached hydrogens (tertiary/aromatic N) is 2. The maximum Gasteiger partial charge on any atom is 0.162 e. The third-order valence-electron chi connectivity index (χ3n) is 3.53. The summed E-state index contributed by atoms with van der Waals surface area (Å²) >= 11 is 3.43. The number of phenolic OH excluding ortho intramolecular Hbond substituents is 1. The Labute approximate surface area is 151 Å². The summed E-state index contributed by atoms with van der Waals surface area (Å²) in [6.45, 7) is 3.52. The van der Waals surface area contributed by atoms with Crippen LogP contribution in [0.1, 0.15) is 18.0 Å². The first-order valence-electron chi connectivity index (χ1n) is 6.55. The van der Waals surface area contributed by atoms with Crippen LogP contribution in [-0.4, -0.2) is 43.3 Å². The molecule has 5 nitrogen and oxygen atoms in total.